The molecule has 30 heavy (non-hydrogen) atoms. The fourth-order valence-corrected chi connectivity index (χ4v) is 4.43. The maximum atomic E-state index is 13.3. The summed E-state index contributed by atoms with van der Waals surface area (Å²) < 4.78 is 1.69. The van der Waals surface area contributed by atoms with Crippen molar-refractivity contribution in [1.82, 2.24) is 29.5 Å². The van der Waals surface area contributed by atoms with Gasteiger partial charge in [0.05, 0.1) is 34.6 Å². The highest BCUT2D eigenvalue weighted by molar-refractivity contribution is 7.13. The molecule has 8 nitrogen and oxygen atoms in total. The quantitative estimate of drug-likeness (QED) is 0.651. The minimum Gasteiger partial charge on any atom is -0.395 e. The Labute approximate surface area is 179 Å². The van der Waals surface area contributed by atoms with Crippen molar-refractivity contribution in [1.29, 1.82) is 0 Å². The Balaban J connectivity index is 1.62. The number of nitrogens with zero attached hydrogens (tertiary/aromatic N) is 6. The number of rotatable bonds is 6. The summed E-state index contributed by atoms with van der Waals surface area (Å²) in [7, 11) is 0. The molecule has 3 aromatic rings. The maximum Gasteiger partial charge on any atom is 0.257 e. The summed E-state index contributed by atoms with van der Waals surface area (Å²) in [4.78, 5) is 27.5. The highest BCUT2D eigenvalue weighted by Gasteiger charge is 2.28. The molecule has 0 saturated carbocycles. The fraction of sp³-hybridized carbons (Fsp3) is 0.429. The van der Waals surface area contributed by atoms with Crippen LogP contribution in [0.2, 0.25) is 0 Å². The lowest BCUT2D eigenvalue weighted by molar-refractivity contribution is 0.0613. The number of aromatic nitrogens is 4. The SMILES string of the molecule is CC(C)c1c(C(=O)N2CCN(CCO)CC2)cnn1-c1nccc(-c2cccs2)n1. The van der Waals surface area contributed by atoms with Crippen LogP contribution in [0.1, 0.15) is 35.8 Å². The molecule has 0 bridgehead atoms. The molecule has 0 spiro atoms. The van der Waals surface area contributed by atoms with Crippen molar-refractivity contribution in [3.05, 3.63) is 47.2 Å². The summed E-state index contributed by atoms with van der Waals surface area (Å²) in [6, 6.07) is 5.90. The van der Waals surface area contributed by atoms with Crippen molar-refractivity contribution in [2.75, 3.05) is 39.3 Å². The minimum absolute atomic E-state index is 0.0111. The normalized spacial score (nSPS) is 15.1. The number of carbonyl (C=O) groups excluding carboxylic acids is 1. The van der Waals surface area contributed by atoms with Gasteiger partial charge in [-0.3, -0.25) is 9.69 Å². The second-order valence-electron chi connectivity index (χ2n) is 7.59. The molecule has 4 heterocycles. The predicted octanol–water partition coefficient (Wildman–Crippen LogP) is 2.26. The average Bonchev–Trinajstić information content (AvgIpc) is 3.44. The van der Waals surface area contributed by atoms with E-state index < -0.39 is 0 Å². The van der Waals surface area contributed by atoms with E-state index in [1.807, 2.05) is 42.3 Å². The number of piperazine rings is 1. The summed E-state index contributed by atoms with van der Waals surface area (Å²) in [5, 5.41) is 15.6. The number of β-amino-alcohol motifs (C(OH)–C–C–N with tert-alkyl or cyclic N) is 1. The van der Waals surface area contributed by atoms with E-state index in [2.05, 4.69) is 20.0 Å². The van der Waals surface area contributed by atoms with Crippen molar-refractivity contribution < 1.29 is 9.90 Å². The second kappa shape index (κ2) is 9.03. The molecule has 0 unspecified atom stereocenters. The van der Waals surface area contributed by atoms with E-state index >= 15 is 0 Å². The topological polar surface area (TPSA) is 87.4 Å². The number of aliphatic hydroxyl groups is 1. The molecule has 1 saturated heterocycles. The van der Waals surface area contributed by atoms with Crippen molar-refractivity contribution in [3.8, 4) is 16.5 Å². The van der Waals surface area contributed by atoms with Gasteiger partial charge in [-0.2, -0.15) is 5.10 Å². The van der Waals surface area contributed by atoms with Crippen molar-refractivity contribution in [3.63, 3.8) is 0 Å². The molecule has 1 aliphatic rings. The van der Waals surface area contributed by atoms with Gasteiger partial charge in [-0.05, 0) is 23.4 Å². The molecule has 1 aliphatic heterocycles. The first-order valence-corrected chi connectivity index (χ1v) is 11.0. The molecule has 1 fully saturated rings. The number of amides is 1. The molecular formula is C21H26N6O2S. The highest BCUT2D eigenvalue weighted by atomic mass is 32.1. The molecule has 0 radical (unpaired) electrons. The summed E-state index contributed by atoms with van der Waals surface area (Å²) in [5.41, 5.74) is 2.26. The van der Waals surface area contributed by atoms with Crippen LogP contribution in [0.15, 0.2) is 36.0 Å². The van der Waals surface area contributed by atoms with Crippen molar-refractivity contribution in [2.45, 2.75) is 19.8 Å². The number of aliphatic hydroxyl groups excluding tert-OH is 1. The van der Waals surface area contributed by atoms with E-state index in [1.54, 1.807) is 28.4 Å². The monoisotopic (exact) mass is 426 g/mol. The molecular weight excluding hydrogens is 400 g/mol. The molecule has 4 rings (SSSR count). The lowest BCUT2D eigenvalue weighted by atomic mass is 10.0. The first kappa shape index (κ1) is 20.6. The first-order valence-electron chi connectivity index (χ1n) is 10.2. The van der Waals surface area contributed by atoms with E-state index in [4.69, 9.17) is 5.11 Å². The van der Waals surface area contributed by atoms with Gasteiger partial charge in [0.1, 0.15) is 0 Å². The zero-order valence-corrected chi connectivity index (χ0v) is 18.0. The van der Waals surface area contributed by atoms with Crippen LogP contribution < -0.4 is 0 Å². The van der Waals surface area contributed by atoms with Crippen LogP contribution in [0, 0.1) is 0 Å². The molecule has 0 atom stereocenters. The summed E-state index contributed by atoms with van der Waals surface area (Å²) >= 11 is 1.62. The first-order chi connectivity index (χ1) is 14.6. The third-order valence-corrected chi connectivity index (χ3v) is 6.16. The van der Waals surface area contributed by atoms with Gasteiger partial charge in [0.15, 0.2) is 0 Å². The van der Waals surface area contributed by atoms with Crippen LogP contribution in [0.4, 0.5) is 0 Å². The largest absolute Gasteiger partial charge is 0.395 e. The third-order valence-electron chi connectivity index (χ3n) is 5.27. The molecule has 158 valence electrons. The van der Waals surface area contributed by atoms with Crippen molar-refractivity contribution in [2.24, 2.45) is 0 Å². The number of carbonyl (C=O) groups is 1. The molecule has 0 aromatic carbocycles. The zero-order chi connectivity index (χ0) is 21.1. The Kier molecular flexibility index (Phi) is 6.21. The number of hydrogen-bond acceptors (Lipinski definition) is 7. The van der Waals surface area contributed by atoms with E-state index in [-0.39, 0.29) is 18.4 Å². The zero-order valence-electron chi connectivity index (χ0n) is 17.2. The van der Waals surface area contributed by atoms with Gasteiger partial charge >= 0.3 is 0 Å². The molecule has 1 amide bonds. The van der Waals surface area contributed by atoms with Gasteiger partial charge in [0.2, 0.25) is 0 Å². The Bertz CT molecular complexity index is 993. The smallest absolute Gasteiger partial charge is 0.257 e. The molecule has 9 heteroatoms. The van der Waals surface area contributed by atoms with E-state index in [0.717, 1.165) is 29.4 Å². The van der Waals surface area contributed by atoms with Gasteiger partial charge < -0.3 is 10.0 Å². The van der Waals surface area contributed by atoms with Crippen LogP contribution in [0.3, 0.4) is 0 Å². The highest BCUT2D eigenvalue weighted by Crippen LogP contribution is 2.26. The summed E-state index contributed by atoms with van der Waals surface area (Å²) in [6.45, 7) is 7.71. The minimum atomic E-state index is -0.0111. The average molecular weight is 427 g/mol. The van der Waals surface area contributed by atoms with Gasteiger partial charge in [0, 0.05) is 38.9 Å². The van der Waals surface area contributed by atoms with Gasteiger partial charge in [-0.15, -0.1) is 11.3 Å². The standard InChI is InChI=1S/C21H26N6O2S/c1-15(2)19-16(20(29)26-9-7-25(8-10-26)11-12-28)14-23-27(19)21-22-6-5-17(24-21)18-4-3-13-30-18/h3-6,13-15,28H,7-12H2,1-2H3. The second-order valence-corrected chi connectivity index (χ2v) is 8.53. The summed E-state index contributed by atoms with van der Waals surface area (Å²) in [6.07, 6.45) is 3.37. The third kappa shape index (κ3) is 4.14. The fourth-order valence-electron chi connectivity index (χ4n) is 3.74. The number of hydrogen-bond donors (Lipinski definition) is 1. The Hall–Kier alpha value is -2.62. The van der Waals surface area contributed by atoms with Gasteiger partial charge in [-0.1, -0.05) is 19.9 Å². The summed E-state index contributed by atoms with van der Waals surface area (Å²) in [5.74, 6) is 0.538. The molecule has 3 aromatic heterocycles. The van der Waals surface area contributed by atoms with E-state index in [0.29, 0.717) is 31.1 Å². The Morgan fingerprint density at radius 1 is 1.23 bits per heavy atom. The predicted molar refractivity (Wildman–Crippen MR) is 116 cm³/mol. The van der Waals surface area contributed by atoms with Gasteiger partial charge in [0.25, 0.3) is 11.9 Å². The van der Waals surface area contributed by atoms with Crippen LogP contribution >= 0.6 is 11.3 Å². The van der Waals surface area contributed by atoms with E-state index in [1.165, 1.54) is 0 Å². The Morgan fingerprint density at radius 3 is 2.70 bits per heavy atom. The van der Waals surface area contributed by atoms with Crippen LogP contribution in [0.25, 0.3) is 16.5 Å². The van der Waals surface area contributed by atoms with Crippen molar-refractivity contribution >= 4 is 17.2 Å². The maximum absolute atomic E-state index is 13.3. The number of thiophene rings is 1. The lowest BCUT2D eigenvalue weighted by Gasteiger charge is -2.34. The van der Waals surface area contributed by atoms with E-state index in [9.17, 15) is 4.79 Å². The molecule has 1 N–H and O–H groups in total. The molecule has 0 aliphatic carbocycles. The lowest BCUT2D eigenvalue weighted by Crippen LogP contribution is -2.49. The van der Waals surface area contributed by atoms with Crippen LogP contribution in [-0.2, 0) is 0 Å². The Morgan fingerprint density at radius 2 is 2.03 bits per heavy atom. The van der Waals surface area contributed by atoms with Crippen LogP contribution in [-0.4, -0.2) is 79.9 Å². The van der Waals surface area contributed by atoms with Gasteiger partial charge in [-0.25, -0.2) is 14.6 Å². The van der Waals surface area contributed by atoms with Crippen LogP contribution in [0.5, 0.6) is 0 Å².